The normalized spacial score (nSPS) is 12.1. The summed E-state index contributed by atoms with van der Waals surface area (Å²) in [5.74, 6) is -0.807. The summed E-state index contributed by atoms with van der Waals surface area (Å²) in [5, 5.41) is 0. The van der Waals surface area contributed by atoms with Gasteiger partial charge in [-0.3, -0.25) is 9.59 Å². The van der Waals surface area contributed by atoms with Gasteiger partial charge in [-0.1, -0.05) is 0 Å². The number of esters is 2. The van der Waals surface area contributed by atoms with Gasteiger partial charge in [-0.2, -0.15) is 0 Å². The van der Waals surface area contributed by atoms with Gasteiger partial charge in [0.25, 0.3) is 0 Å². The molecule has 0 aliphatic rings. The molecule has 5 nitrogen and oxygen atoms in total. The van der Waals surface area contributed by atoms with Crippen molar-refractivity contribution in [3.63, 3.8) is 0 Å². The highest BCUT2D eigenvalue weighted by Crippen LogP contribution is 2.09. The molecule has 0 spiro atoms. The Morgan fingerprint density at radius 3 is 1.79 bits per heavy atom. The fourth-order valence-electron chi connectivity index (χ4n) is 1.17. The van der Waals surface area contributed by atoms with Crippen molar-refractivity contribution in [2.45, 2.75) is 65.6 Å². The molecule has 0 atom stereocenters. The van der Waals surface area contributed by atoms with Crippen molar-refractivity contribution in [3.05, 3.63) is 0 Å². The maximum Gasteiger partial charge on any atom is 0.306 e. The average Bonchev–Trinajstić information content (AvgIpc) is 2.17. The number of ether oxygens (including phenoxy) is 3. The molecule has 0 heterocycles. The number of rotatable bonds is 6. The van der Waals surface area contributed by atoms with Crippen LogP contribution in [0.3, 0.4) is 0 Å². The van der Waals surface area contributed by atoms with Gasteiger partial charge in [-0.15, -0.1) is 0 Å². The molecule has 0 bridgehead atoms. The molecule has 0 rings (SSSR count). The Labute approximate surface area is 115 Å². The van der Waals surface area contributed by atoms with Crippen molar-refractivity contribution in [1.82, 2.24) is 0 Å². The van der Waals surface area contributed by atoms with Crippen LogP contribution in [-0.2, 0) is 23.8 Å². The summed E-state index contributed by atoms with van der Waals surface area (Å²) in [6.45, 7) is 11.7. The van der Waals surface area contributed by atoms with Crippen LogP contribution in [0.1, 0.15) is 54.4 Å². The molecule has 0 fully saturated rings. The van der Waals surface area contributed by atoms with Crippen molar-refractivity contribution >= 4 is 11.9 Å². The van der Waals surface area contributed by atoms with E-state index in [-0.39, 0.29) is 25.0 Å². The van der Waals surface area contributed by atoms with E-state index in [1.807, 2.05) is 20.8 Å². The van der Waals surface area contributed by atoms with Crippen LogP contribution in [-0.4, -0.2) is 36.4 Å². The monoisotopic (exact) mass is 274 g/mol. The molecule has 0 saturated carbocycles. The summed E-state index contributed by atoms with van der Waals surface area (Å²) >= 11 is 0. The van der Waals surface area contributed by atoms with E-state index in [9.17, 15) is 9.59 Å². The van der Waals surface area contributed by atoms with Crippen LogP contribution in [0.5, 0.6) is 0 Å². The summed E-state index contributed by atoms with van der Waals surface area (Å²) in [5.41, 5.74) is -0.773. The van der Waals surface area contributed by atoms with E-state index < -0.39 is 17.5 Å². The molecule has 0 radical (unpaired) electrons. The summed E-state index contributed by atoms with van der Waals surface area (Å²) < 4.78 is 15.4. The zero-order chi connectivity index (χ0) is 15.1. The standard InChI is InChI=1S/C14H26O5/c1-13(2,3)18-10-9-17-11(15)7-8-12(16)19-14(4,5)6/h7-10H2,1-6H3. The van der Waals surface area contributed by atoms with Gasteiger partial charge in [-0.25, -0.2) is 0 Å². The van der Waals surface area contributed by atoms with Crippen molar-refractivity contribution in [3.8, 4) is 0 Å². The van der Waals surface area contributed by atoms with Crippen LogP contribution in [0.4, 0.5) is 0 Å². The Kier molecular flexibility index (Phi) is 7.05. The first kappa shape index (κ1) is 17.9. The zero-order valence-corrected chi connectivity index (χ0v) is 12.9. The van der Waals surface area contributed by atoms with Crippen LogP contribution in [0.25, 0.3) is 0 Å². The van der Waals surface area contributed by atoms with Crippen LogP contribution in [0, 0.1) is 0 Å². The third-order valence-corrected chi connectivity index (χ3v) is 1.83. The van der Waals surface area contributed by atoms with E-state index in [1.165, 1.54) is 0 Å². The van der Waals surface area contributed by atoms with Gasteiger partial charge in [0.05, 0.1) is 25.0 Å². The second kappa shape index (κ2) is 7.48. The predicted molar refractivity (Wildman–Crippen MR) is 71.7 cm³/mol. The molecule has 0 amide bonds. The summed E-state index contributed by atoms with van der Waals surface area (Å²) in [6, 6.07) is 0. The van der Waals surface area contributed by atoms with Gasteiger partial charge < -0.3 is 14.2 Å². The Morgan fingerprint density at radius 1 is 0.789 bits per heavy atom. The molecule has 0 aliphatic heterocycles. The number of hydrogen-bond acceptors (Lipinski definition) is 5. The number of carbonyl (C=O) groups excluding carboxylic acids is 2. The number of carbonyl (C=O) groups is 2. The highest BCUT2D eigenvalue weighted by molar-refractivity contribution is 5.77. The molecule has 5 heteroatoms. The van der Waals surface area contributed by atoms with Crippen LogP contribution in [0.2, 0.25) is 0 Å². The van der Waals surface area contributed by atoms with E-state index in [4.69, 9.17) is 14.2 Å². The lowest BCUT2D eigenvalue weighted by molar-refractivity contribution is -0.158. The quantitative estimate of drug-likeness (QED) is 0.550. The summed E-state index contributed by atoms with van der Waals surface area (Å²) in [4.78, 5) is 22.7. The van der Waals surface area contributed by atoms with Crippen molar-refractivity contribution in [1.29, 1.82) is 0 Å². The van der Waals surface area contributed by atoms with Gasteiger partial charge in [0.2, 0.25) is 0 Å². The second-order valence-corrected chi connectivity index (χ2v) is 6.27. The van der Waals surface area contributed by atoms with Gasteiger partial charge in [0.15, 0.2) is 0 Å². The molecule has 0 saturated heterocycles. The zero-order valence-electron chi connectivity index (χ0n) is 12.9. The van der Waals surface area contributed by atoms with Crippen LogP contribution < -0.4 is 0 Å². The number of hydrogen-bond donors (Lipinski definition) is 0. The fraction of sp³-hybridized carbons (Fsp3) is 0.857. The maximum absolute atomic E-state index is 11.4. The lowest BCUT2D eigenvalue weighted by Crippen LogP contribution is -2.25. The lowest BCUT2D eigenvalue weighted by atomic mass is 10.2. The largest absolute Gasteiger partial charge is 0.463 e. The first-order valence-corrected chi connectivity index (χ1v) is 6.51. The van der Waals surface area contributed by atoms with Crippen LogP contribution in [0.15, 0.2) is 0 Å². The molecule has 19 heavy (non-hydrogen) atoms. The molecule has 0 aromatic heterocycles. The fourth-order valence-corrected chi connectivity index (χ4v) is 1.17. The minimum absolute atomic E-state index is 0.0322. The second-order valence-electron chi connectivity index (χ2n) is 6.27. The SMILES string of the molecule is CC(C)(C)OCCOC(=O)CCC(=O)OC(C)(C)C. The van der Waals surface area contributed by atoms with Crippen molar-refractivity contribution < 1.29 is 23.8 Å². The van der Waals surface area contributed by atoms with E-state index in [0.29, 0.717) is 6.61 Å². The lowest BCUT2D eigenvalue weighted by Gasteiger charge is -2.19. The van der Waals surface area contributed by atoms with E-state index >= 15 is 0 Å². The smallest absolute Gasteiger partial charge is 0.306 e. The van der Waals surface area contributed by atoms with Gasteiger partial charge in [0.1, 0.15) is 12.2 Å². The Morgan fingerprint density at radius 2 is 1.32 bits per heavy atom. The molecule has 0 aliphatic carbocycles. The molecule has 0 aromatic carbocycles. The molecule has 0 unspecified atom stereocenters. The maximum atomic E-state index is 11.4. The molecule has 112 valence electrons. The highest BCUT2D eigenvalue weighted by Gasteiger charge is 2.17. The van der Waals surface area contributed by atoms with Gasteiger partial charge >= 0.3 is 11.9 Å². The third kappa shape index (κ3) is 13.1. The summed E-state index contributed by atoms with van der Waals surface area (Å²) in [7, 11) is 0. The first-order chi connectivity index (χ1) is 8.49. The average molecular weight is 274 g/mol. The Hall–Kier alpha value is -1.10. The minimum Gasteiger partial charge on any atom is -0.463 e. The minimum atomic E-state index is -0.526. The Balaban J connectivity index is 3.68. The van der Waals surface area contributed by atoms with Crippen molar-refractivity contribution in [2.75, 3.05) is 13.2 Å². The molecule has 0 N–H and O–H groups in total. The van der Waals surface area contributed by atoms with E-state index in [0.717, 1.165) is 0 Å². The van der Waals surface area contributed by atoms with Gasteiger partial charge in [-0.05, 0) is 41.5 Å². The van der Waals surface area contributed by atoms with Crippen LogP contribution >= 0.6 is 0 Å². The molecular weight excluding hydrogens is 248 g/mol. The topological polar surface area (TPSA) is 61.8 Å². The third-order valence-electron chi connectivity index (χ3n) is 1.83. The first-order valence-electron chi connectivity index (χ1n) is 6.51. The molecular formula is C14H26O5. The van der Waals surface area contributed by atoms with Crippen molar-refractivity contribution in [2.24, 2.45) is 0 Å². The molecule has 0 aromatic rings. The van der Waals surface area contributed by atoms with E-state index in [1.54, 1.807) is 20.8 Å². The Bertz CT molecular complexity index is 296. The van der Waals surface area contributed by atoms with Gasteiger partial charge in [0, 0.05) is 0 Å². The predicted octanol–water partition coefficient (Wildman–Crippen LogP) is 2.47. The van der Waals surface area contributed by atoms with E-state index in [2.05, 4.69) is 0 Å². The summed E-state index contributed by atoms with van der Waals surface area (Å²) in [6.07, 6.45) is 0.0701. The highest BCUT2D eigenvalue weighted by atomic mass is 16.6.